The molecule has 0 spiro atoms. The molecule has 1 heterocycles. The van der Waals surface area contributed by atoms with Gasteiger partial charge in [-0.25, -0.2) is 8.78 Å². The number of methoxy groups -OCH3 is 1. The van der Waals surface area contributed by atoms with Crippen molar-refractivity contribution in [1.29, 1.82) is 0 Å². The zero-order chi connectivity index (χ0) is 16.4. The molecule has 2 aromatic rings. The van der Waals surface area contributed by atoms with Gasteiger partial charge in [0.1, 0.15) is 29.2 Å². The van der Waals surface area contributed by atoms with Gasteiger partial charge in [-0.15, -0.1) is 0 Å². The van der Waals surface area contributed by atoms with Crippen LogP contribution >= 0.6 is 0 Å². The molecule has 4 nitrogen and oxygen atoms in total. The highest BCUT2D eigenvalue weighted by Crippen LogP contribution is 2.31. The molecule has 0 aromatic heterocycles. The molecule has 23 heavy (non-hydrogen) atoms. The van der Waals surface area contributed by atoms with Crippen LogP contribution in [-0.4, -0.2) is 25.7 Å². The number of hydrogen-bond acceptors (Lipinski definition) is 3. The number of carbonyl (C=O) groups is 1. The van der Waals surface area contributed by atoms with Crippen molar-refractivity contribution in [3.63, 3.8) is 0 Å². The summed E-state index contributed by atoms with van der Waals surface area (Å²) in [4.78, 5) is 12.0. The predicted molar refractivity (Wildman–Crippen MR) is 79.8 cm³/mol. The molecule has 120 valence electrons. The lowest BCUT2D eigenvalue weighted by Crippen LogP contribution is -2.34. The van der Waals surface area contributed by atoms with Crippen LogP contribution in [0.3, 0.4) is 0 Å². The highest BCUT2D eigenvalue weighted by molar-refractivity contribution is 5.94. The van der Waals surface area contributed by atoms with Crippen molar-refractivity contribution < 1.29 is 23.0 Å². The lowest BCUT2D eigenvalue weighted by Gasteiger charge is -2.12. The molecule has 1 aliphatic rings. The summed E-state index contributed by atoms with van der Waals surface area (Å²) < 4.78 is 37.3. The number of nitrogens with one attached hydrogen (secondary N) is 1. The Kier molecular flexibility index (Phi) is 4.14. The highest BCUT2D eigenvalue weighted by Gasteiger charge is 2.24. The SMILES string of the molecule is COc1ccc2c(c1)CC(CNC(=O)c1ccc(F)cc1F)O2. The third-order valence-electron chi connectivity index (χ3n) is 3.67. The molecule has 1 amide bonds. The van der Waals surface area contributed by atoms with Crippen LogP contribution in [0.25, 0.3) is 0 Å². The maximum absolute atomic E-state index is 13.6. The first-order valence-electron chi connectivity index (χ1n) is 7.13. The largest absolute Gasteiger partial charge is 0.497 e. The topological polar surface area (TPSA) is 47.6 Å². The van der Waals surface area contributed by atoms with Crippen molar-refractivity contribution in [1.82, 2.24) is 5.32 Å². The molecule has 1 N–H and O–H groups in total. The van der Waals surface area contributed by atoms with E-state index in [9.17, 15) is 13.6 Å². The molecule has 0 bridgehead atoms. The number of carbonyl (C=O) groups excluding carboxylic acids is 1. The van der Waals surface area contributed by atoms with Gasteiger partial charge in [-0.2, -0.15) is 0 Å². The molecule has 1 aliphatic heterocycles. The predicted octanol–water partition coefficient (Wildman–Crippen LogP) is 2.71. The monoisotopic (exact) mass is 319 g/mol. The second-order valence-corrected chi connectivity index (χ2v) is 5.25. The number of fused-ring (bicyclic) bond motifs is 1. The lowest BCUT2D eigenvalue weighted by atomic mass is 10.1. The molecule has 0 saturated heterocycles. The Morgan fingerprint density at radius 3 is 2.87 bits per heavy atom. The van der Waals surface area contributed by atoms with Crippen molar-refractivity contribution in [3.8, 4) is 11.5 Å². The molecule has 6 heteroatoms. The van der Waals surface area contributed by atoms with Crippen LogP contribution in [0, 0.1) is 11.6 Å². The van der Waals surface area contributed by atoms with Crippen molar-refractivity contribution in [3.05, 3.63) is 59.2 Å². The van der Waals surface area contributed by atoms with Crippen LogP contribution in [0.4, 0.5) is 8.78 Å². The van der Waals surface area contributed by atoms with Gasteiger partial charge in [0.25, 0.3) is 5.91 Å². The van der Waals surface area contributed by atoms with E-state index in [2.05, 4.69) is 5.32 Å². The number of amides is 1. The fraction of sp³-hybridized carbons (Fsp3) is 0.235. The molecule has 1 atom stereocenters. The summed E-state index contributed by atoms with van der Waals surface area (Å²) >= 11 is 0. The molecular weight excluding hydrogens is 304 g/mol. The van der Waals surface area contributed by atoms with Crippen molar-refractivity contribution in [2.24, 2.45) is 0 Å². The second kappa shape index (κ2) is 6.24. The lowest BCUT2D eigenvalue weighted by molar-refractivity contribution is 0.0929. The number of rotatable bonds is 4. The second-order valence-electron chi connectivity index (χ2n) is 5.25. The fourth-order valence-electron chi connectivity index (χ4n) is 2.51. The molecule has 3 rings (SSSR count). The van der Waals surface area contributed by atoms with Crippen molar-refractivity contribution >= 4 is 5.91 Å². The number of benzene rings is 2. The van der Waals surface area contributed by atoms with Gasteiger partial charge in [0.05, 0.1) is 19.2 Å². The molecular formula is C17H15F2NO3. The number of hydrogen-bond donors (Lipinski definition) is 1. The molecule has 2 aromatic carbocycles. The Hall–Kier alpha value is -2.63. The van der Waals surface area contributed by atoms with Gasteiger partial charge in [-0.05, 0) is 30.3 Å². The van der Waals surface area contributed by atoms with E-state index in [1.165, 1.54) is 0 Å². The van der Waals surface area contributed by atoms with Crippen LogP contribution in [0.2, 0.25) is 0 Å². The summed E-state index contributed by atoms with van der Waals surface area (Å²) in [6.45, 7) is 0.229. The molecule has 0 saturated carbocycles. The minimum atomic E-state index is -0.886. The minimum absolute atomic E-state index is 0.191. The zero-order valence-electron chi connectivity index (χ0n) is 12.4. The van der Waals surface area contributed by atoms with Gasteiger partial charge < -0.3 is 14.8 Å². The standard InChI is InChI=1S/C17H15F2NO3/c1-22-12-3-5-16-10(6-12)7-13(23-16)9-20-17(21)14-4-2-11(18)8-15(14)19/h2-6,8,13H,7,9H2,1H3,(H,20,21). The molecule has 1 unspecified atom stereocenters. The van der Waals surface area contributed by atoms with Crippen LogP contribution < -0.4 is 14.8 Å². The summed E-state index contributed by atoms with van der Waals surface area (Å²) in [5, 5.41) is 2.61. The summed E-state index contributed by atoms with van der Waals surface area (Å²) in [6, 6.07) is 8.35. The molecule has 0 fully saturated rings. The third kappa shape index (κ3) is 3.26. The zero-order valence-corrected chi connectivity index (χ0v) is 12.4. The van der Waals surface area contributed by atoms with E-state index < -0.39 is 17.5 Å². The molecule has 0 aliphatic carbocycles. The van der Waals surface area contributed by atoms with E-state index in [4.69, 9.17) is 9.47 Å². The van der Waals surface area contributed by atoms with Crippen LogP contribution in [0.15, 0.2) is 36.4 Å². The van der Waals surface area contributed by atoms with Crippen LogP contribution in [0.1, 0.15) is 15.9 Å². The Morgan fingerprint density at radius 2 is 2.13 bits per heavy atom. The quantitative estimate of drug-likeness (QED) is 0.942. The number of ether oxygens (including phenoxy) is 2. The van der Waals surface area contributed by atoms with E-state index in [0.29, 0.717) is 12.5 Å². The Morgan fingerprint density at radius 1 is 1.30 bits per heavy atom. The average molecular weight is 319 g/mol. The third-order valence-corrected chi connectivity index (χ3v) is 3.67. The van der Waals surface area contributed by atoms with Crippen molar-refractivity contribution in [2.75, 3.05) is 13.7 Å². The summed E-state index contributed by atoms with van der Waals surface area (Å²) in [5.74, 6) is -0.714. The summed E-state index contributed by atoms with van der Waals surface area (Å²) in [7, 11) is 1.59. The first-order chi connectivity index (χ1) is 11.1. The van der Waals surface area contributed by atoms with E-state index >= 15 is 0 Å². The van der Waals surface area contributed by atoms with E-state index in [-0.39, 0.29) is 18.2 Å². The van der Waals surface area contributed by atoms with Gasteiger partial charge >= 0.3 is 0 Å². The summed E-state index contributed by atoms with van der Waals surface area (Å²) in [5.41, 5.74) is 0.806. The normalized spacial score (nSPS) is 15.7. The Bertz CT molecular complexity index is 749. The van der Waals surface area contributed by atoms with Gasteiger partial charge in [0.2, 0.25) is 0 Å². The first-order valence-corrected chi connectivity index (χ1v) is 7.13. The highest BCUT2D eigenvalue weighted by atomic mass is 19.1. The number of halogens is 2. The van der Waals surface area contributed by atoms with E-state index in [0.717, 1.165) is 29.2 Å². The summed E-state index contributed by atoms with van der Waals surface area (Å²) in [6.07, 6.45) is 0.392. The van der Waals surface area contributed by atoms with E-state index in [1.54, 1.807) is 13.2 Å². The maximum atomic E-state index is 13.6. The fourth-order valence-corrected chi connectivity index (χ4v) is 2.51. The molecule has 0 radical (unpaired) electrons. The Balaban J connectivity index is 1.60. The van der Waals surface area contributed by atoms with Gasteiger partial charge in [-0.1, -0.05) is 0 Å². The van der Waals surface area contributed by atoms with E-state index in [1.807, 2.05) is 12.1 Å². The van der Waals surface area contributed by atoms with Crippen LogP contribution in [0.5, 0.6) is 11.5 Å². The van der Waals surface area contributed by atoms with Gasteiger partial charge in [0, 0.05) is 18.1 Å². The minimum Gasteiger partial charge on any atom is -0.497 e. The Labute approximate surface area is 132 Å². The van der Waals surface area contributed by atoms with Crippen LogP contribution in [-0.2, 0) is 6.42 Å². The average Bonchev–Trinajstić information content (AvgIpc) is 2.94. The van der Waals surface area contributed by atoms with Crippen molar-refractivity contribution in [2.45, 2.75) is 12.5 Å². The maximum Gasteiger partial charge on any atom is 0.254 e. The van der Waals surface area contributed by atoms with Gasteiger partial charge in [0.15, 0.2) is 0 Å². The van der Waals surface area contributed by atoms with Gasteiger partial charge in [-0.3, -0.25) is 4.79 Å². The smallest absolute Gasteiger partial charge is 0.254 e. The first kappa shape index (κ1) is 15.3.